The van der Waals surface area contributed by atoms with E-state index in [0.29, 0.717) is 23.8 Å². The molecule has 1 aliphatic rings. The zero-order valence-electron chi connectivity index (χ0n) is 15.5. The molecular weight excluding hydrogens is 379 g/mol. The molecule has 0 radical (unpaired) electrons. The smallest absolute Gasteiger partial charge is 0.321 e. The number of pyridine rings is 1. The van der Waals surface area contributed by atoms with Crippen LogP contribution < -0.4 is 10.2 Å². The Balaban J connectivity index is 1.47. The molecule has 0 bridgehead atoms. The lowest BCUT2D eigenvalue weighted by atomic mass is 10.1. The SMILES string of the molecule is Cc1cnc2cc(Cl)ccc2c1N1CCN(C(=O)Nc2ccc(F)cc2)CC1. The standard InChI is InChI=1S/C21H20ClFN4O/c1-14-13-24-19-12-15(22)2-7-18(19)20(14)26-8-10-27(11-9-26)21(28)25-17-5-3-16(23)4-6-17/h2-7,12-13H,8-11H2,1H3,(H,25,28). The van der Waals surface area contributed by atoms with Crippen LogP contribution in [-0.2, 0) is 0 Å². The number of hydrogen-bond donors (Lipinski definition) is 1. The van der Waals surface area contributed by atoms with Crippen molar-refractivity contribution >= 4 is 39.9 Å². The molecule has 7 heteroatoms. The summed E-state index contributed by atoms with van der Waals surface area (Å²) < 4.78 is 13.0. The van der Waals surface area contributed by atoms with Crippen LogP contribution in [0.5, 0.6) is 0 Å². The molecule has 1 N–H and O–H groups in total. The first-order chi connectivity index (χ1) is 13.5. The van der Waals surface area contributed by atoms with Crippen LogP contribution in [0, 0.1) is 12.7 Å². The van der Waals surface area contributed by atoms with E-state index in [1.54, 1.807) is 17.0 Å². The number of carbonyl (C=O) groups is 1. The molecule has 1 fully saturated rings. The molecule has 3 aromatic rings. The van der Waals surface area contributed by atoms with Crippen molar-refractivity contribution in [2.45, 2.75) is 6.92 Å². The van der Waals surface area contributed by atoms with Crippen molar-refractivity contribution in [3.8, 4) is 0 Å². The number of piperazine rings is 1. The number of nitrogens with zero attached hydrogens (tertiary/aromatic N) is 3. The number of nitrogens with one attached hydrogen (secondary N) is 1. The Kier molecular flexibility index (Phi) is 5.05. The van der Waals surface area contributed by atoms with Gasteiger partial charge >= 0.3 is 6.03 Å². The summed E-state index contributed by atoms with van der Waals surface area (Å²) >= 11 is 6.10. The summed E-state index contributed by atoms with van der Waals surface area (Å²) in [6.45, 7) is 4.69. The Morgan fingerprint density at radius 2 is 1.82 bits per heavy atom. The Bertz CT molecular complexity index is 1020. The molecule has 2 amide bonds. The van der Waals surface area contributed by atoms with Crippen LogP contribution in [0.1, 0.15) is 5.56 Å². The van der Waals surface area contributed by atoms with Crippen molar-refractivity contribution in [2.75, 3.05) is 36.4 Å². The second-order valence-electron chi connectivity index (χ2n) is 6.86. The Morgan fingerprint density at radius 1 is 1.11 bits per heavy atom. The van der Waals surface area contributed by atoms with Crippen molar-refractivity contribution in [2.24, 2.45) is 0 Å². The largest absolute Gasteiger partial charge is 0.367 e. The molecule has 0 spiro atoms. The number of aryl methyl sites for hydroxylation is 1. The molecule has 0 saturated carbocycles. The molecule has 5 nitrogen and oxygen atoms in total. The van der Waals surface area contributed by atoms with Crippen LogP contribution in [0.15, 0.2) is 48.7 Å². The molecule has 0 atom stereocenters. The average molecular weight is 399 g/mol. The minimum Gasteiger partial charge on any atom is -0.367 e. The Hall–Kier alpha value is -2.86. The second kappa shape index (κ2) is 7.64. The van der Waals surface area contributed by atoms with Gasteiger partial charge in [0, 0.05) is 48.5 Å². The lowest BCUT2D eigenvalue weighted by Crippen LogP contribution is -2.50. The number of benzene rings is 2. The summed E-state index contributed by atoms with van der Waals surface area (Å²) in [4.78, 5) is 21.0. The highest BCUT2D eigenvalue weighted by Crippen LogP contribution is 2.31. The second-order valence-corrected chi connectivity index (χ2v) is 7.30. The van der Waals surface area contributed by atoms with Crippen LogP contribution in [-0.4, -0.2) is 42.1 Å². The third-order valence-electron chi connectivity index (χ3n) is 4.96. The first-order valence-corrected chi connectivity index (χ1v) is 9.50. The molecule has 2 heterocycles. The average Bonchev–Trinajstić information content (AvgIpc) is 2.70. The highest BCUT2D eigenvalue weighted by Gasteiger charge is 2.23. The van der Waals surface area contributed by atoms with E-state index in [4.69, 9.17) is 11.6 Å². The fourth-order valence-electron chi connectivity index (χ4n) is 3.54. The molecule has 144 valence electrons. The van der Waals surface area contributed by atoms with Crippen LogP contribution in [0.2, 0.25) is 5.02 Å². The van der Waals surface area contributed by atoms with Crippen molar-refractivity contribution in [1.29, 1.82) is 0 Å². The molecule has 1 saturated heterocycles. The number of hydrogen-bond acceptors (Lipinski definition) is 3. The number of carbonyl (C=O) groups excluding carboxylic acids is 1. The number of halogens is 2. The molecule has 2 aromatic carbocycles. The van der Waals surface area contributed by atoms with E-state index in [0.717, 1.165) is 35.2 Å². The molecule has 1 aliphatic heterocycles. The quantitative estimate of drug-likeness (QED) is 0.681. The molecule has 1 aromatic heterocycles. The number of amides is 2. The third kappa shape index (κ3) is 3.73. The minimum atomic E-state index is -0.326. The zero-order chi connectivity index (χ0) is 19.7. The monoisotopic (exact) mass is 398 g/mol. The van der Waals surface area contributed by atoms with Gasteiger partial charge in [-0.3, -0.25) is 4.98 Å². The minimum absolute atomic E-state index is 0.172. The van der Waals surface area contributed by atoms with Crippen molar-refractivity contribution in [1.82, 2.24) is 9.88 Å². The maximum Gasteiger partial charge on any atom is 0.321 e. The number of urea groups is 1. The van der Waals surface area contributed by atoms with E-state index in [9.17, 15) is 9.18 Å². The Morgan fingerprint density at radius 3 is 2.54 bits per heavy atom. The highest BCUT2D eigenvalue weighted by atomic mass is 35.5. The predicted molar refractivity (Wildman–Crippen MR) is 111 cm³/mol. The van der Waals surface area contributed by atoms with Gasteiger partial charge in [-0.1, -0.05) is 11.6 Å². The summed E-state index contributed by atoms with van der Waals surface area (Å²) in [7, 11) is 0. The van der Waals surface area contributed by atoms with Crippen molar-refractivity contribution < 1.29 is 9.18 Å². The third-order valence-corrected chi connectivity index (χ3v) is 5.20. The summed E-state index contributed by atoms with van der Waals surface area (Å²) in [6.07, 6.45) is 1.86. The lowest BCUT2D eigenvalue weighted by molar-refractivity contribution is 0.208. The van der Waals surface area contributed by atoms with Gasteiger partial charge in [0.25, 0.3) is 0 Å². The predicted octanol–water partition coefficient (Wildman–Crippen LogP) is 4.69. The van der Waals surface area contributed by atoms with Crippen molar-refractivity contribution in [3.63, 3.8) is 0 Å². The van der Waals surface area contributed by atoms with Crippen LogP contribution in [0.3, 0.4) is 0 Å². The van der Waals surface area contributed by atoms with Crippen LogP contribution in [0.4, 0.5) is 20.6 Å². The first kappa shape index (κ1) is 18.5. The molecule has 4 rings (SSSR count). The summed E-state index contributed by atoms with van der Waals surface area (Å²) in [5, 5.41) is 4.55. The lowest BCUT2D eigenvalue weighted by Gasteiger charge is -2.37. The summed E-state index contributed by atoms with van der Waals surface area (Å²) in [6, 6.07) is 11.3. The van der Waals surface area contributed by atoms with E-state index in [1.807, 2.05) is 31.3 Å². The zero-order valence-corrected chi connectivity index (χ0v) is 16.2. The normalized spacial score (nSPS) is 14.4. The van der Waals surface area contributed by atoms with Gasteiger partial charge in [-0.25, -0.2) is 9.18 Å². The van der Waals surface area contributed by atoms with Gasteiger partial charge in [-0.2, -0.15) is 0 Å². The molecular formula is C21H20ClFN4O. The summed E-state index contributed by atoms with van der Waals surface area (Å²) in [5.41, 5.74) is 3.69. The molecule has 28 heavy (non-hydrogen) atoms. The fourth-order valence-corrected chi connectivity index (χ4v) is 3.71. The van der Waals surface area contributed by atoms with Crippen LogP contribution in [0.25, 0.3) is 10.9 Å². The van der Waals surface area contributed by atoms with Gasteiger partial charge in [-0.05, 0) is 55.0 Å². The van der Waals surface area contributed by atoms with E-state index in [-0.39, 0.29) is 11.8 Å². The number of anilines is 2. The van der Waals surface area contributed by atoms with E-state index in [1.165, 1.54) is 12.1 Å². The van der Waals surface area contributed by atoms with E-state index < -0.39 is 0 Å². The van der Waals surface area contributed by atoms with Gasteiger partial charge in [-0.15, -0.1) is 0 Å². The fraction of sp³-hybridized carbons (Fsp3) is 0.238. The maximum atomic E-state index is 13.0. The van der Waals surface area contributed by atoms with E-state index in [2.05, 4.69) is 15.2 Å². The first-order valence-electron chi connectivity index (χ1n) is 9.12. The maximum absolute atomic E-state index is 13.0. The molecule has 0 aliphatic carbocycles. The van der Waals surface area contributed by atoms with Gasteiger partial charge in [0.1, 0.15) is 5.82 Å². The number of fused-ring (bicyclic) bond motifs is 1. The van der Waals surface area contributed by atoms with Gasteiger partial charge in [0.05, 0.1) is 11.2 Å². The Labute approximate surface area is 167 Å². The number of aromatic nitrogens is 1. The van der Waals surface area contributed by atoms with Gasteiger partial charge in [0.15, 0.2) is 0 Å². The van der Waals surface area contributed by atoms with E-state index >= 15 is 0 Å². The van der Waals surface area contributed by atoms with Crippen LogP contribution >= 0.6 is 11.6 Å². The summed E-state index contributed by atoms with van der Waals surface area (Å²) in [5.74, 6) is -0.326. The van der Waals surface area contributed by atoms with Gasteiger partial charge in [0.2, 0.25) is 0 Å². The van der Waals surface area contributed by atoms with Gasteiger partial charge < -0.3 is 15.1 Å². The molecule has 0 unspecified atom stereocenters. The number of rotatable bonds is 2. The highest BCUT2D eigenvalue weighted by molar-refractivity contribution is 6.31. The topological polar surface area (TPSA) is 48.5 Å². The van der Waals surface area contributed by atoms with Crippen molar-refractivity contribution in [3.05, 3.63) is 65.1 Å².